The van der Waals surface area contributed by atoms with Crippen molar-refractivity contribution in [1.29, 1.82) is 0 Å². The molecular formula is C13H15ClIN3S. The van der Waals surface area contributed by atoms with Crippen LogP contribution in [0.1, 0.15) is 18.4 Å². The topological polar surface area (TPSA) is 37.8 Å². The van der Waals surface area contributed by atoms with Crippen molar-refractivity contribution < 1.29 is 0 Å². The molecule has 1 heterocycles. The summed E-state index contributed by atoms with van der Waals surface area (Å²) in [4.78, 5) is 0. The predicted octanol–water partition coefficient (Wildman–Crippen LogP) is 4.01. The lowest BCUT2D eigenvalue weighted by Gasteiger charge is -1.99. The maximum atomic E-state index is 6.13. The van der Waals surface area contributed by atoms with E-state index in [4.69, 9.17) is 11.6 Å². The van der Waals surface area contributed by atoms with Crippen LogP contribution < -0.4 is 5.32 Å². The van der Waals surface area contributed by atoms with Crippen molar-refractivity contribution >= 4 is 45.5 Å². The van der Waals surface area contributed by atoms with E-state index < -0.39 is 0 Å². The van der Waals surface area contributed by atoms with Gasteiger partial charge in [0.25, 0.3) is 0 Å². The number of hydrogen-bond donors (Lipinski definition) is 1. The Labute approximate surface area is 135 Å². The van der Waals surface area contributed by atoms with Crippen LogP contribution in [0.4, 0.5) is 0 Å². The van der Waals surface area contributed by atoms with Crippen molar-refractivity contribution in [2.75, 3.05) is 13.1 Å². The highest BCUT2D eigenvalue weighted by Gasteiger charge is 2.08. The van der Waals surface area contributed by atoms with Crippen LogP contribution in [-0.4, -0.2) is 23.3 Å². The molecule has 0 aliphatic heterocycles. The molecule has 0 amide bonds. The maximum Gasteiger partial charge on any atom is 0.147 e. The predicted molar refractivity (Wildman–Crippen MR) is 89.9 cm³/mol. The SMILES string of the molecule is CCNCCCc1nnc(-c2ccc(I)c(Cl)c2)s1. The fourth-order valence-corrected chi connectivity index (χ4v) is 3.04. The van der Waals surface area contributed by atoms with E-state index in [0.717, 1.165) is 50.1 Å². The quantitative estimate of drug-likeness (QED) is 0.581. The molecule has 102 valence electrons. The Bertz CT molecular complexity index is 544. The summed E-state index contributed by atoms with van der Waals surface area (Å²) >= 11 is 10.00. The summed E-state index contributed by atoms with van der Waals surface area (Å²) in [5.41, 5.74) is 1.04. The second kappa shape index (κ2) is 7.52. The zero-order valence-corrected chi connectivity index (χ0v) is 14.3. The van der Waals surface area contributed by atoms with Gasteiger partial charge in [0.05, 0.1) is 5.02 Å². The fourth-order valence-electron chi connectivity index (χ4n) is 1.64. The van der Waals surface area contributed by atoms with Gasteiger partial charge in [-0.2, -0.15) is 0 Å². The minimum Gasteiger partial charge on any atom is -0.317 e. The summed E-state index contributed by atoms with van der Waals surface area (Å²) in [6, 6.07) is 5.99. The molecule has 0 unspecified atom stereocenters. The number of benzene rings is 1. The van der Waals surface area contributed by atoms with Crippen LogP contribution in [0.2, 0.25) is 5.02 Å². The average molecular weight is 408 g/mol. The number of hydrogen-bond acceptors (Lipinski definition) is 4. The molecule has 0 aliphatic rings. The molecule has 0 atom stereocenters. The lowest BCUT2D eigenvalue weighted by Crippen LogP contribution is -2.14. The molecule has 1 N–H and O–H groups in total. The summed E-state index contributed by atoms with van der Waals surface area (Å²) in [6.45, 7) is 4.16. The first kappa shape index (κ1) is 15.2. The van der Waals surface area contributed by atoms with Gasteiger partial charge in [-0.15, -0.1) is 10.2 Å². The summed E-state index contributed by atoms with van der Waals surface area (Å²) in [7, 11) is 0. The molecule has 0 spiro atoms. The van der Waals surface area contributed by atoms with Gasteiger partial charge in [0.2, 0.25) is 0 Å². The van der Waals surface area contributed by atoms with E-state index in [9.17, 15) is 0 Å². The molecule has 0 aliphatic carbocycles. The minimum atomic E-state index is 0.766. The molecule has 1 aromatic carbocycles. The van der Waals surface area contributed by atoms with Gasteiger partial charge >= 0.3 is 0 Å². The first-order valence-electron chi connectivity index (χ1n) is 6.19. The fraction of sp³-hybridized carbons (Fsp3) is 0.385. The number of nitrogens with one attached hydrogen (secondary N) is 1. The van der Waals surface area contributed by atoms with Crippen LogP contribution in [0.5, 0.6) is 0 Å². The Morgan fingerprint density at radius 2 is 2.21 bits per heavy atom. The third-order valence-corrected chi connectivity index (χ3v) is 5.23. The monoisotopic (exact) mass is 407 g/mol. The summed E-state index contributed by atoms with van der Waals surface area (Å²) in [5, 5.41) is 14.6. The highest BCUT2D eigenvalue weighted by Crippen LogP contribution is 2.28. The number of aromatic nitrogens is 2. The van der Waals surface area contributed by atoms with Gasteiger partial charge in [0.15, 0.2) is 0 Å². The first-order valence-corrected chi connectivity index (χ1v) is 8.46. The molecule has 0 radical (unpaired) electrons. The normalized spacial score (nSPS) is 10.9. The van der Waals surface area contributed by atoms with Crippen molar-refractivity contribution in [2.24, 2.45) is 0 Å². The van der Waals surface area contributed by atoms with Gasteiger partial charge in [-0.05, 0) is 54.2 Å². The van der Waals surface area contributed by atoms with Gasteiger partial charge < -0.3 is 5.32 Å². The van der Waals surface area contributed by atoms with Crippen LogP contribution in [-0.2, 0) is 6.42 Å². The van der Waals surface area contributed by atoms with E-state index in [1.54, 1.807) is 11.3 Å². The number of aryl methyl sites for hydroxylation is 1. The van der Waals surface area contributed by atoms with Gasteiger partial charge in [0.1, 0.15) is 10.0 Å². The van der Waals surface area contributed by atoms with E-state index in [0.29, 0.717) is 0 Å². The van der Waals surface area contributed by atoms with Crippen LogP contribution in [0.3, 0.4) is 0 Å². The summed E-state index contributed by atoms with van der Waals surface area (Å²) < 4.78 is 1.05. The van der Waals surface area contributed by atoms with Crippen molar-refractivity contribution in [2.45, 2.75) is 19.8 Å². The number of nitrogens with zero attached hydrogens (tertiary/aromatic N) is 2. The molecule has 6 heteroatoms. The maximum absolute atomic E-state index is 6.13. The van der Waals surface area contributed by atoms with Crippen LogP contribution in [0, 0.1) is 3.57 Å². The largest absolute Gasteiger partial charge is 0.317 e. The smallest absolute Gasteiger partial charge is 0.147 e. The summed E-state index contributed by atoms with van der Waals surface area (Å²) in [5.74, 6) is 0. The molecule has 19 heavy (non-hydrogen) atoms. The lowest BCUT2D eigenvalue weighted by molar-refractivity contribution is 0.669. The third kappa shape index (κ3) is 4.37. The zero-order valence-electron chi connectivity index (χ0n) is 10.6. The second-order valence-corrected chi connectivity index (χ2v) is 6.72. The molecule has 0 saturated carbocycles. The standard InChI is InChI=1S/C13H15ClIN3S/c1-2-16-7-3-4-12-17-18-13(19-12)9-5-6-11(15)10(14)8-9/h5-6,8,16H,2-4,7H2,1H3. The van der Waals surface area contributed by atoms with Crippen molar-refractivity contribution in [1.82, 2.24) is 15.5 Å². The first-order chi connectivity index (χ1) is 9.20. The molecule has 0 fully saturated rings. The van der Waals surface area contributed by atoms with E-state index in [2.05, 4.69) is 45.0 Å². The Balaban J connectivity index is 2.01. The lowest BCUT2D eigenvalue weighted by atomic mass is 10.2. The molecule has 1 aromatic heterocycles. The van der Waals surface area contributed by atoms with Crippen molar-refractivity contribution in [3.05, 3.63) is 31.8 Å². The zero-order chi connectivity index (χ0) is 13.7. The molecule has 0 saturated heterocycles. The summed E-state index contributed by atoms with van der Waals surface area (Å²) in [6.07, 6.45) is 2.07. The third-order valence-electron chi connectivity index (χ3n) is 2.63. The van der Waals surface area contributed by atoms with E-state index in [-0.39, 0.29) is 0 Å². The van der Waals surface area contributed by atoms with E-state index >= 15 is 0 Å². The van der Waals surface area contributed by atoms with E-state index in [1.807, 2.05) is 18.2 Å². The Morgan fingerprint density at radius 1 is 1.37 bits per heavy atom. The van der Waals surface area contributed by atoms with Gasteiger partial charge in [-0.25, -0.2) is 0 Å². The average Bonchev–Trinajstić information content (AvgIpc) is 2.87. The van der Waals surface area contributed by atoms with Crippen molar-refractivity contribution in [3.63, 3.8) is 0 Å². The van der Waals surface area contributed by atoms with Crippen molar-refractivity contribution in [3.8, 4) is 10.6 Å². The molecule has 2 rings (SSSR count). The van der Waals surface area contributed by atoms with Crippen LogP contribution in [0.25, 0.3) is 10.6 Å². The molecule has 2 aromatic rings. The minimum absolute atomic E-state index is 0.766. The molecular weight excluding hydrogens is 393 g/mol. The van der Waals surface area contributed by atoms with Gasteiger partial charge in [-0.1, -0.05) is 35.9 Å². The molecule has 0 bridgehead atoms. The molecule has 3 nitrogen and oxygen atoms in total. The Morgan fingerprint density at radius 3 is 2.95 bits per heavy atom. The van der Waals surface area contributed by atoms with Gasteiger partial charge in [-0.3, -0.25) is 0 Å². The Kier molecular flexibility index (Phi) is 6.00. The Hall–Kier alpha value is -0.240. The number of halogens is 2. The second-order valence-electron chi connectivity index (χ2n) is 4.09. The van der Waals surface area contributed by atoms with E-state index in [1.165, 1.54) is 0 Å². The van der Waals surface area contributed by atoms with Crippen LogP contribution >= 0.6 is 45.5 Å². The van der Waals surface area contributed by atoms with Gasteiger partial charge in [0, 0.05) is 15.6 Å². The highest BCUT2D eigenvalue weighted by molar-refractivity contribution is 14.1. The highest BCUT2D eigenvalue weighted by atomic mass is 127. The number of rotatable bonds is 6. The van der Waals surface area contributed by atoms with Crippen LogP contribution in [0.15, 0.2) is 18.2 Å².